The van der Waals surface area contributed by atoms with Crippen LogP contribution in [0.5, 0.6) is 0 Å². The van der Waals surface area contributed by atoms with E-state index in [0.717, 1.165) is 19.2 Å². The minimum absolute atomic E-state index is 0.0577. The Kier molecular flexibility index (Phi) is 12.0. The molecule has 238 valence electrons. The number of nitriles is 1. The topological polar surface area (TPSA) is 230 Å². The summed E-state index contributed by atoms with van der Waals surface area (Å²) in [5.74, 6) is -1.54. The van der Waals surface area contributed by atoms with Gasteiger partial charge in [-0.1, -0.05) is 26.7 Å². The Morgan fingerprint density at radius 1 is 1.21 bits per heavy atom. The van der Waals surface area contributed by atoms with E-state index in [-0.39, 0.29) is 24.0 Å². The van der Waals surface area contributed by atoms with Crippen LogP contribution in [0.15, 0.2) is 18.5 Å². The maximum Gasteiger partial charge on any atom is 0.409 e. The van der Waals surface area contributed by atoms with E-state index in [0.29, 0.717) is 18.4 Å². The van der Waals surface area contributed by atoms with Crippen molar-refractivity contribution < 1.29 is 47.6 Å². The van der Waals surface area contributed by atoms with Crippen LogP contribution < -0.4 is 10.8 Å². The lowest BCUT2D eigenvalue weighted by Gasteiger charge is -2.25. The predicted octanol–water partition coefficient (Wildman–Crippen LogP) is 1.55. The van der Waals surface area contributed by atoms with E-state index in [9.17, 15) is 29.6 Å². The highest BCUT2D eigenvalue weighted by atomic mass is 31.2. The van der Waals surface area contributed by atoms with Gasteiger partial charge in [0.15, 0.2) is 5.82 Å². The van der Waals surface area contributed by atoms with Gasteiger partial charge in [0, 0.05) is 0 Å². The van der Waals surface area contributed by atoms with Crippen molar-refractivity contribution in [2.45, 2.75) is 83.3 Å². The average Bonchev–Trinajstić information content (AvgIpc) is 3.52. The maximum atomic E-state index is 13.7. The van der Waals surface area contributed by atoms with Gasteiger partial charge in [-0.3, -0.25) is 18.6 Å². The molecular formula is C26H39N6O10P. The molecule has 16 nitrogen and oxygen atoms in total. The van der Waals surface area contributed by atoms with Crippen molar-refractivity contribution in [3.8, 4) is 6.07 Å². The first-order valence-electron chi connectivity index (χ1n) is 14.0. The second kappa shape index (κ2) is 15.0. The summed E-state index contributed by atoms with van der Waals surface area (Å²) in [7, 11) is -4.45. The van der Waals surface area contributed by atoms with Crippen LogP contribution in [0.4, 0.5) is 5.82 Å². The number of nitrogen functional groups attached to an aromatic ring is 1. The minimum atomic E-state index is -4.45. The lowest BCUT2D eigenvalue weighted by Crippen LogP contribution is -2.41. The number of carbonyl (C=O) groups excluding carboxylic acids is 2. The van der Waals surface area contributed by atoms with Crippen molar-refractivity contribution in [2.75, 3.05) is 25.7 Å². The second-order valence-corrected chi connectivity index (χ2v) is 11.8. The van der Waals surface area contributed by atoms with Gasteiger partial charge in [0.05, 0.1) is 24.8 Å². The van der Waals surface area contributed by atoms with Crippen LogP contribution >= 0.6 is 7.75 Å². The molecule has 5 N–H and O–H groups in total. The number of aliphatic hydroxyl groups is 2. The quantitative estimate of drug-likeness (QED) is 0.118. The number of esters is 2. The first kappa shape index (κ1) is 34.3. The van der Waals surface area contributed by atoms with Crippen LogP contribution in [0.1, 0.15) is 59.1 Å². The fourth-order valence-corrected chi connectivity index (χ4v) is 6.08. The fourth-order valence-electron chi connectivity index (χ4n) is 4.74. The SMILES string of the molecule is CCCC(CCC)C(=O)OCO[P@](=O)(N[C@@H](C)C(=O)OCC)OC[C@H]1O[C@@](C#N)(c2ccc3c(N)ncnn23)[C@H](O)[C@@H]1O. The van der Waals surface area contributed by atoms with Crippen LogP contribution in [-0.4, -0.2) is 81.1 Å². The second-order valence-electron chi connectivity index (χ2n) is 9.98. The van der Waals surface area contributed by atoms with E-state index in [1.165, 1.54) is 23.6 Å². The van der Waals surface area contributed by atoms with Gasteiger partial charge in [0.2, 0.25) is 12.4 Å². The van der Waals surface area contributed by atoms with E-state index in [1.807, 2.05) is 19.9 Å². The Hall–Kier alpha value is -3.16. The van der Waals surface area contributed by atoms with Gasteiger partial charge in [-0.25, -0.2) is 19.2 Å². The first-order valence-corrected chi connectivity index (χ1v) is 15.5. The molecular weight excluding hydrogens is 587 g/mol. The number of nitrogens with two attached hydrogens (primary N) is 1. The highest BCUT2D eigenvalue weighted by Gasteiger charge is 2.58. The van der Waals surface area contributed by atoms with Gasteiger partial charge in [-0.2, -0.15) is 10.4 Å². The molecule has 1 fully saturated rings. The van der Waals surface area contributed by atoms with E-state index < -0.39 is 63.0 Å². The number of rotatable bonds is 16. The Bertz CT molecular complexity index is 1350. The fraction of sp³-hybridized carbons (Fsp3) is 0.654. The zero-order valence-corrected chi connectivity index (χ0v) is 25.4. The number of hydrogen-bond acceptors (Lipinski definition) is 14. The zero-order valence-electron chi connectivity index (χ0n) is 24.5. The van der Waals surface area contributed by atoms with Crippen molar-refractivity contribution in [1.82, 2.24) is 19.7 Å². The maximum absolute atomic E-state index is 13.7. The Morgan fingerprint density at radius 2 is 1.91 bits per heavy atom. The number of aliphatic hydroxyl groups excluding tert-OH is 2. The van der Waals surface area contributed by atoms with E-state index in [1.54, 1.807) is 6.92 Å². The first-order chi connectivity index (χ1) is 20.5. The summed E-state index contributed by atoms with van der Waals surface area (Å²) in [6.07, 6.45) is -0.997. The predicted molar refractivity (Wildman–Crippen MR) is 150 cm³/mol. The summed E-state index contributed by atoms with van der Waals surface area (Å²) in [6.45, 7) is 5.46. The molecule has 6 atom stereocenters. The largest absolute Gasteiger partial charge is 0.465 e. The van der Waals surface area contributed by atoms with Gasteiger partial charge in [0.1, 0.15) is 42.3 Å². The minimum Gasteiger partial charge on any atom is -0.465 e. The van der Waals surface area contributed by atoms with Crippen molar-refractivity contribution >= 4 is 31.0 Å². The summed E-state index contributed by atoms with van der Waals surface area (Å²) < 4.78 is 41.7. The molecule has 0 amide bonds. The normalized spacial score (nSPS) is 24.0. The standard InChI is InChI=1S/C26H39N6O10P/c1-5-8-17(9-6-2)25(36)39-15-41-43(37,31-16(4)24(35)38-7-3)40-12-19-21(33)22(34)26(13-27,42-19)20-11-10-18-23(28)29-14-30-32(18)20/h10-11,14,16-17,19,21-22,33-34H,5-9,12,15H2,1-4H3,(H,31,37)(H2,28,29,30)/t16-,19+,21+,22+,26-,43-/m0/s1. The molecule has 43 heavy (non-hydrogen) atoms. The molecule has 1 aliphatic heterocycles. The van der Waals surface area contributed by atoms with Crippen LogP contribution in [0.25, 0.3) is 5.52 Å². The molecule has 17 heteroatoms. The third-order valence-corrected chi connectivity index (χ3v) is 8.56. The molecule has 0 bridgehead atoms. The molecule has 0 unspecified atom stereocenters. The van der Waals surface area contributed by atoms with Gasteiger partial charge in [0.25, 0.3) is 0 Å². The number of nitrogens with zero attached hydrogens (tertiary/aromatic N) is 4. The molecule has 0 radical (unpaired) electrons. The van der Waals surface area contributed by atoms with Crippen LogP contribution in [0, 0.1) is 17.2 Å². The number of anilines is 1. The molecule has 2 aromatic heterocycles. The van der Waals surface area contributed by atoms with Gasteiger partial charge in [-0.15, -0.1) is 0 Å². The zero-order chi connectivity index (χ0) is 31.8. The number of carbonyl (C=O) groups is 2. The monoisotopic (exact) mass is 626 g/mol. The Labute approximate surface area is 249 Å². The van der Waals surface area contributed by atoms with Gasteiger partial charge in [-0.05, 0) is 38.8 Å². The van der Waals surface area contributed by atoms with Crippen LogP contribution in [-0.2, 0) is 43.0 Å². The number of fused-ring (bicyclic) bond motifs is 1. The van der Waals surface area contributed by atoms with Crippen molar-refractivity contribution in [2.24, 2.45) is 5.92 Å². The van der Waals surface area contributed by atoms with E-state index in [2.05, 4.69) is 15.2 Å². The molecule has 3 heterocycles. The molecule has 0 aromatic carbocycles. The highest BCUT2D eigenvalue weighted by Crippen LogP contribution is 2.47. The number of hydrogen-bond donors (Lipinski definition) is 4. The van der Waals surface area contributed by atoms with Crippen LogP contribution in [0.3, 0.4) is 0 Å². The smallest absolute Gasteiger partial charge is 0.409 e. The van der Waals surface area contributed by atoms with Crippen molar-refractivity contribution in [3.05, 3.63) is 24.2 Å². The number of nitrogens with one attached hydrogen (secondary N) is 1. The summed E-state index contributed by atoms with van der Waals surface area (Å²) in [5.41, 5.74) is 4.15. The molecule has 1 aliphatic rings. The van der Waals surface area contributed by atoms with E-state index in [4.69, 9.17) is 29.0 Å². The molecule has 0 spiro atoms. The lowest BCUT2D eigenvalue weighted by molar-refractivity contribution is -0.156. The summed E-state index contributed by atoms with van der Waals surface area (Å²) >= 11 is 0. The third kappa shape index (κ3) is 7.68. The molecule has 1 saturated heterocycles. The third-order valence-electron chi connectivity index (χ3n) is 6.92. The Balaban J connectivity index is 1.78. The number of ether oxygens (including phenoxy) is 3. The lowest BCUT2D eigenvalue weighted by atomic mass is 9.92. The molecule has 2 aromatic rings. The van der Waals surface area contributed by atoms with E-state index >= 15 is 0 Å². The van der Waals surface area contributed by atoms with Crippen molar-refractivity contribution in [3.63, 3.8) is 0 Å². The summed E-state index contributed by atoms with van der Waals surface area (Å²) in [6, 6.07) is 3.68. The van der Waals surface area contributed by atoms with Crippen LogP contribution in [0.2, 0.25) is 0 Å². The summed E-state index contributed by atoms with van der Waals surface area (Å²) in [5, 5.41) is 38.4. The number of aromatic nitrogens is 3. The summed E-state index contributed by atoms with van der Waals surface area (Å²) in [4.78, 5) is 28.7. The highest BCUT2D eigenvalue weighted by molar-refractivity contribution is 7.51. The average molecular weight is 627 g/mol. The van der Waals surface area contributed by atoms with Gasteiger partial charge < -0.3 is 30.2 Å². The molecule has 0 aliphatic carbocycles. The molecule has 0 saturated carbocycles. The van der Waals surface area contributed by atoms with Crippen molar-refractivity contribution in [1.29, 1.82) is 5.26 Å². The molecule has 3 rings (SSSR count). The Morgan fingerprint density at radius 3 is 2.53 bits per heavy atom. The van der Waals surface area contributed by atoms with Gasteiger partial charge >= 0.3 is 19.7 Å².